The van der Waals surface area contributed by atoms with Gasteiger partial charge in [0.1, 0.15) is 0 Å². The number of nitrogens with one attached hydrogen (secondary N) is 1. The first kappa shape index (κ1) is 18.6. The van der Waals surface area contributed by atoms with Crippen LogP contribution in [0.15, 0.2) is 24.3 Å². The molecule has 4 nitrogen and oxygen atoms in total. The summed E-state index contributed by atoms with van der Waals surface area (Å²) in [5.41, 5.74) is -0.650. The van der Waals surface area contributed by atoms with Crippen molar-refractivity contribution in [2.24, 2.45) is 5.92 Å². The van der Waals surface area contributed by atoms with Crippen molar-refractivity contribution >= 4 is 6.03 Å². The van der Waals surface area contributed by atoms with Gasteiger partial charge in [-0.1, -0.05) is 18.2 Å². The molecule has 2 rings (SSSR count). The molecule has 0 unspecified atom stereocenters. The van der Waals surface area contributed by atoms with Gasteiger partial charge < -0.3 is 15.0 Å². The number of ether oxygens (including phenoxy) is 1. The van der Waals surface area contributed by atoms with Crippen molar-refractivity contribution in [1.82, 2.24) is 10.2 Å². The SMILES string of the molecule is C[C@H](NC(=O)N(C)CC1CCOCC1)c1ccccc1C(F)(F)F. The van der Waals surface area contributed by atoms with Crippen molar-refractivity contribution in [2.45, 2.75) is 32.0 Å². The summed E-state index contributed by atoms with van der Waals surface area (Å²) in [6.07, 6.45) is -2.66. The summed E-state index contributed by atoms with van der Waals surface area (Å²) >= 11 is 0. The third-order valence-electron chi connectivity index (χ3n) is 4.29. The van der Waals surface area contributed by atoms with Gasteiger partial charge in [0.15, 0.2) is 0 Å². The number of hydrogen-bond acceptors (Lipinski definition) is 2. The summed E-state index contributed by atoms with van der Waals surface area (Å²) in [4.78, 5) is 13.8. The lowest BCUT2D eigenvalue weighted by Gasteiger charge is -2.28. The number of alkyl halides is 3. The Labute approximate surface area is 140 Å². The minimum Gasteiger partial charge on any atom is -0.381 e. The average molecular weight is 344 g/mol. The molecule has 1 N–H and O–H groups in total. The highest BCUT2D eigenvalue weighted by Gasteiger charge is 2.34. The maximum atomic E-state index is 13.1. The summed E-state index contributed by atoms with van der Waals surface area (Å²) < 4.78 is 44.5. The summed E-state index contributed by atoms with van der Waals surface area (Å²) in [5.74, 6) is 0.368. The van der Waals surface area contributed by atoms with Gasteiger partial charge >= 0.3 is 12.2 Å². The van der Waals surface area contributed by atoms with Crippen LogP contribution >= 0.6 is 0 Å². The van der Waals surface area contributed by atoms with E-state index >= 15 is 0 Å². The number of nitrogens with zero attached hydrogens (tertiary/aromatic N) is 1. The van der Waals surface area contributed by atoms with Gasteiger partial charge in [0.05, 0.1) is 11.6 Å². The Morgan fingerprint density at radius 3 is 2.58 bits per heavy atom. The lowest BCUT2D eigenvalue weighted by Crippen LogP contribution is -2.42. The highest BCUT2D eigenvalue weighted by Crippen LogP contribution is 2.34. The van der Waals surface area contributed by atoms with Gasteiger partial charge in [0, 0.05) is 26.8 Å². The van der Waals surface area contributed by atoms with E-state index in [9.17, 15) is 18.0 Å². The van der Waals surface area contributed by atoms with Gasteiger partial charge in [-0.3, -0.25) is 0 Å². The fraction of sp³-hybridized carbons (Fsp3) is 0.588. The Balaban J connectivity index is 1.98. The number of rotatable bonds is 4. The van der Waals surface area contributed by atoms with E-state index in [4.69, 9.17) is 4.74 Å². The number of halogens is 3. The Bertz CT molecular complexity index is 557. The van der Waals surface area contributed by atoms with Crippen LogP contribution in [0, 0.1) is 5.92 Å². The van der Waals surface area contributed by atoms with Crippen molar-refractivity contribution in [2.75, 3.05) is 26.8 Å². The molecule has 1 atom stereocenters. The second-order valence-corrected chi connectivity index (χ2v) is 6.19. The standard InChI is InChI=1S/C17H23F3N2O2/c1-12(14-5-3-4-6-15(14)17(18,19)20)21-16(23)22(2)11-13-7-9-24-10-8-13/h3-6,12-13H,7-11H2,1-2H3,(H,21,23)/t12-/m0/s1. The van der Waals surface area contributed by atoms with Crippen molar-refractivity contribution in [3.63, 3.8) is 0 Å². The molecule has 0 spiro atoms. The molecule has 0 bridgehead atoms. The van der Waals surface area contributed by atoms with Crippen molar-refractivity contribution in [3.05, 3.63) is 35.4 Å². The molecule has 1 aromatic rings. The maximum Gasteiger partial charge on any atom is 0.416 e. The molecule has 24 heavy (non-hydrogen) atoms. The number of carbonyl (C=O) groups excluding carboxylic acids is 1. The Morgan fingerprint density at radius 1 is 1.33 bits per heavy atom. The van der Waals surface area contributed by atoms with E-state index in [0.29, 0.717) is 25.7 Å². The van der Waals surface area contributed by atoms with Crippen molar-refractivity contribution in [3.8, 4) is 0 Å². The fourth-order valence-corrected chi connectivity index (χ4v) is 2.91. The highest BCUT2D eigenvalue weighted by atomic mass is 19.4. The number of amides is 2. The minimum absolute atomic E-state index is 0.0674. The Hall–Kier alpha value is -1.76. The molecule has 0 aliphatic carbocycles. The van der Waals surface area contributed by atoms with Gasteiger partial charge in [-0.2, -0.15) is 13.2 Å². The van der Waals surface area contributed by atoms with Gasteiger partial charge in [0.2, 0.25) is 0 Å². The molecule has 134 valence electrons. The fourth-order valence-electron chi connectivity index (χ4n) is 2.91. The molecule has 1 fully saturated rings. The molecule has 1 aromatic carbocycles. The van der Waals surface area contributed by atoms with Crippen LogP contribution in [0.3, 0.4) is 0 Å². The van der Waals surface area contributed by atoms with Gasteiger partial charge in [-0.05, 0) is 37.3 Å². The zero-order chi connectivity index (χ0) is 17.7. The summed E-state index contributed by atoms with van der Waals surface area (Å²) in [6.45, 7) is 3.51. The normalized spacial score (nSPS) is 17.4. The number of benzene rings is 1. The second-order valence-electron chi connectivity index (χ2n) is 6.19. The van der Waals surface area contributed by atoms with Crippen LogP contribution < -0.4 is 5.32 Å². The van der Waals surface area contributed by atoms with E-state index in [2.05, 4.69) is 5.32 Å². The van der Waals surface area contributed by atoms with E-state index < -0.39 is 17.8 Å². The van der Waals surface area contributed by atoms with Crippen LogP contribution in [-0.4, -0.2) is 37.7 Å². The third kappa shape index (κ3) is 4.87. The van der Waals surface area contributed by atoms with E-state index in [1.54, 1.807) is 20.0 Å². The molecule has 1 aliphatic rings. The minimum atomic E-state index is -4.44. The third-order valence-corrected chi connectivity index (χ3v) is 4.29. The Kier molecular flexibility index (Phi) is 6.10. The van der Waals surface area contributed by atoms with Crippen LogP contribution in [0.4, 0.5) is 18.0 Å². The first-order valence-corrected chi connectivity index (χ1v) is 8.04. The smallest absolute Gasteiger partial charge is 0.381 e. The summed E-state index contributed by atoms with van der Waals surface area (Å²) in [5, 5.41) is 2.65. The van der Waals surface area contributed by atoms with Crippen molar-refractivity contribution < 1.29 is 22.7 Å². The molecule has 1 heterocycles. The largest absolute Gasteiger partial charge is 0.416 e. The molecule has 0 aromatic heterocycles. The number of urea groups is 1. The quantitative estimate of drug-likeness (QED) is 0.902. The van der Waals surface area contributed by atoms with Crippen molar-refractivity contribution in [1.29, 1.82) is 0 Å². The van der Waals surface area contributed by atoms with Crippen LogP contribution in [0.25, 0.3) is 0 Å². The molecular weight excluding hydrogens is 321 g/mol. The molecule has 2 amide bonds. The molecule has 0 saturated carbocycles. The molecule has 0 radical (unpaired) electrons. The lowest BCUT2D eigenvalue weighted by atomic mass is 10.00. The number of hydrogen-bond donors (Lipinski definition) is 1. The van der Waals surface area contributed by atoms with E-state index in [0.717, 1.165) is 18.9 Å². The van der Waals surface area contributed by atoms with Gasteiger partial charge in [-0.25, -0.2) is 4.79 Å². The lowest BCUT2D eigenvalue weighted by molar-refractivity contribution is -0.138. The molecule has 1 saturated heterocycles. The average Bonchev–Trinajstić information content (AvgIpc) is 2.55. The first-order chi connectivity index (χ1) is 11.3. The zero-order valence-corrected chi connectivity index (χ0v) is 13.9. The van der Waals surface area contributed by atoms with Gasteiger partial charge in [-0.15, -0.1) is 0 Å². The van der Waals surface area contributed by atoms with Crippen LogP contribution in [0.2, 0.25) is 0 Å². The monoisotopic (exact) mass is 344 g/mol. The molecular formula is C17H23F3N2O2. The highest BCUT2D eigenvalue weighted by molar-refractivity contribution is 5.74. The second kappa shape index (κ2) is 7.88. The first-order valence-electron chi connectivity index (χ1n) is 8.04. The predicted octanol–water partition coefficient (Wildman–Crippen LogP) is 3.83. The zero-order valence-electron chi connectivity index (χ0n) is 13.9. The van der Waals surface area contributed by atoms with Crippen LogP contribution in [-0.2, 0) is 10.9 Å². The van der Waals surface area contributed by atoms with Crippen LogP contribution in [0.5, 0.6) is 0 Å². The molecule has 7 heteroatoms. The van der Waals surface area contributed by atoms with Crippen LogP contribution in [0.1, 0.15) is 36.9 Å². The van der Waals surface area contributed by atoms with Gasteiger partial charge in [0.25, 0.3) is 0 Å². The van der Waals surface area contributed by atoms with E-state index in [1.165, 1.54) is 17.0 Å². The van der Waals surface area contributed by atoms with E-state index in [-0.39, 0.29) is 11.6 Å². The Morgan fingerprint density at radius 2 is 1.96 bits per heavy atom. The molecule has 1 aliphatic heterocycles. The maximum absolute atomic E-state index is 13.1. The van der Waals surface area contributed by atoms with E-state index in [1.807, 2.05) is 0 Å². The number of carbonyl (C=O) groups is 1. The topological polar surface area (TPSA) is 41.6 Å². The summed E-state index contributed by atoms with van der Waals surface area (Å²) in [6, 6.07) is 4.21. The predicted molar refractivity (Wildman–Crippen MR) is 84.6 cm³/mol. The summed E-state index contributed by atoms with van der Waals surface area (Å²) in [7, 11) is 1.66.